The SMILES string of the molecule is Cc1nc(COc2ccc(C(=O)NCCc3ccc(Cl)cc3)cc2)cs1. The molecule has 1 heterocycles. The van der Waals surface area contributed by atoms with Crippen LogP contribution in [0.4, 0.5) is 0 Å². The van der Waals surface area contributed by atoms with E-state index in [1.54, 1.807) is 35.6 Å². The molecule has 0 saturated carbocycles. The molecule has 0 aliphatic heterocycles. The number of ether oxygens (including phenoxy) is 1. The number of thiazole rings is 1. The van der Waals surface area contributed by atoms with Crippen molar-refractivity contribution >= 4 is 28.8 Å². The largest absolute Gasteiger partial charge is 0.487 e. The third-order valence-corrected chi connectivity index (χ3v) is 4.86. The Bertz CT molecular complexity index is 860. The average molecular weight is 387 g/mol. The smallest absolute Gasteiger partial charge is 0.251 e. The van der Waals surface area contributed by atoms with E-state index in [4.69, 9.17) is 16.3 Å². The number of nitrogens with zero attached hydrogens (tertiary/aromatic N) is 1. The second kappa shape index (κ2) is 8.83. The lowest BCUT2D eigenvalue weighted by Gasteiger charge is -2.07. The van der Waals surface area contributed by atoms with Gasteiger partial charge in [-0.1, -0.05) is 23.7 Å². The Balaban J connectivity index is 1.46. The average Bonchev–Trinajstić information content (AvgIpc) is 3.07. The zero-order chi connectivity index (χ0) is 18.4. The van der Waals surface area contributed by atoms with Gasteiger partial charge in [-0.05, 0) is 55.3 Å². The lowest BCUT2D eigenvalue weighted by Crippen LogP contribution is -2.25. The summed E-state index contributed by atoms with van der Waals surface area (Å²) in [7, 11) is 0. The molecule has 0 radical (unpaired) electrons. The van der Waals surface area contributed by atoms with Crippen LogP contribution in [0.1, 0.15) is 26.6 Å². The van der Waals surface area contributed by atoms with Crippen molar-refractivity contribution in [2.45, 2.75) is 20.0 Å². The van der Waals surface area contributed by atoms with Gasteiger partial charge >= 0.3 is 0 Å². The molecule has 0 saturated heterocycles. The number of rotatable bonds is 7. The predicted octanol–water partition coefficient (Wildman–Crippen LogP) is 4.66. The van der Waals surface area contributed by atoms with Gasteiger partial charge < -0.3 is 10.1 Å². The van der Waals surface area contributed by atoms with Crippen LogP contribution in [0.2, 0.25) is 5.02 Å². The third kappa shape index (κ3) is 5.31. The highest BCUT2D eigenvalue weighted by molar-refractivity contribution is 7.09. The molecule has 1 N–H and O–H groups in total. The molecule has 2 aromatic carbocycles. The van der Waals surface area contributed by atoms with E-state index in [0.29, 0.717) is 29.5 Å². The highest BCUT2D eigenvalue weighted by Gasteiger charge is 2.06. The molecule has 26 heavy (non-hydrogen) atoms. The minimum Gasteiger partial charge on any atom is -0.487 e. The van der Waals surface area contributed by atoms with E-state index in [1.165, 1.54) is 0 Å². The number of aryl methyl sites for hydroxylation is 1. The summed E-state index contributed by atoms with van der Waals surface area (Å²) in [5.74, 6) is 0.619. The summed E-state index contributed by atoms with van der Waals surface area (Å²) in [4.78, 5) is 16.6. The summed E-state index contributed by atoms with van der Waals surface area (Å²) in [5, 5.41) is 6.64. The summed E-state index contributed by atoms with van der Waals surface area (Å²) < 4.78 is 5.69. The van der Waals surface area contributed by atoms with Crippen LogP contribution < -0.4 is 10.1 Å². The van der Waals surface area contributed by atoms with Crippen molar-refractivity contribution in [3.63, 3.8) is 0 Å². The van der Waals surface area contributed by atoms with E-state index >= 15 is 0 Å². The summed E-state index contributed by atoms with van der Waals surface area (Å²) in [6.45, 7) is 2.97. The van der Waals surface area contributed by atoms with Crippen LogP contribution in [-0.2, 0) is 13.0 Å². The van der Waals surface area contributed by atoms with Gasteiger partial charge in [0, 0.05) is 22.5 Å². The van der Waals surface area contributed by atoms with E-state index in [1.807, 2.05) is 36.6 Å². The molecule has 4 nitrogen and oxygen atoms in total. The van der Waals surface area contributed by atoms with Gasteiger partial charge in [-0.2, -0.15) is 0 Å². The molecule has 0 unspecified atom stereocenters. The van der Waals surface area contributed by atoms with Crippen molar-refractivity contribution in [2.24, 2.45) is 0 Å². The van der Waals surface area contributed by atoms with Crippen LogP contribution in [0.25, 0.3) is 0 Å². The Kier molecular flexibility index (Phi) is 6.26. The van der Waals surface area contributed by atoms with Gasteiger partial charge in [0.25, 0.3) is 5.91 Å². The zero-order valence-electron chi connectivity index (χ0n) is 14.4. The molecule has 0 spiro atoms. The molecule has 0 fully saturated rings. The molecular formula is C20H19ClN2O2S. The topological polar surface area (TPSA) is 51.2 Å². The van der Waals surface area contributed by atoms with Crippen molar-refractivity contribution < 1.29 is 9.53 Å². The van der Waals surface area contributed by atoms with Gasteiger partial charge in [-0.25, -0.2) is 4.98 Å². The molecule has 6 heteroatoms. The fraction of sp³-hybridized carbons (Fsp3) is 0.200. The molecule has 134 valence electrons. The first-order chi connectivity index (χ1) is 12.6. The van der Waals surface area contributed by atoms with E-state index in [2.05, 4.69) is 10.3 Å². The molecule has 0 bridgehead atoms. The van der Waals surface area contributed by atoms with Crippen molar-refractivity contribution in [1.29, 1.82) is 0 Å². The minimum atomic E-state index is -0.0966. The lowest BCUT2D eigenvalue weighted by molar-refractivity contribution is 0.0954. The van der Waals surface area contributed by atoms with Gasteiger partial charge in [-0.3, -0.25) is 4.79 Å². The van der Waals surface area contributed by atoms with E-state index < -0.39 is 0 Å². The molecule has 3 aromatic rings. The number of hydrogen-bond acceptors (Lipinski definition) is 4. The van der Waals surface area contributed by atoms with E-state index in [-0.39, 0.29) is 5.91 Å². The van der Waals surface area contributed by atoms with Crippen molar-refractivity contribution in [3.8, 4) is 5.75 Å². The number of benzene rings is 2. The molecule has 1 amide bonds. The maximum absolute atomic E-state index is 12.2. The van der Waals surface area contributed by atoms with Gasteiger partial charge in [0.05, 0.1) is 10.7 Å². The van der Waals surface area contributed by atoms with Crippen LogP contribution in [0.15, 0.2) is 53.9 Å². The maximum atomic E-state index is 12.2. The van der Waals surface area contributed by atoms with E-state index in [0.717, 1.165) is 22.7 Å². The fourth-order valence-electron chi connectivity index (χ4n) is 2.41. The zero-order valence-corrected chi connectivity index (χ0v) is 15.9. The summed E-state index contributed by atoms with van der Waals surface area (Å²) in [5.41, 5.74) is 2.66. The Morgan fingerprint density at radius 1 is 1.15 bits per heavy atom. The Morgan fingerprint density at radius 2 is 1.88 bits per heavy atom. The predicted molar refractivity (Wildman–Crippen MR) is 105 cm³/mol. The normalized spacial score (nSPS) is 10.5. The minimum absolute atomic E-state index is 0.0966. The first-order valence-electron chi connectivity index (χ1n) is 8.27. The first-order valence-corrected chi connectivity index (χ1v) is 9.52. The number of carbonyl (C=O) groups excluding carboxylic acids is 1. The second-order valence-electron chi connectivity index (χ2n) is 5.80. The van der Waals surface area contributed by atoms with Crippen LogP contribution in [0.5, 0.6) is 5.75 Å². The fourth-order valence-corrected chi connectivity index (χ4v) is 3.13. The molecule has 0 aliphatic rings. The highest BCUT2D eigenvalue weighted by atomic mass is 35.5. The number of aromatic nitrogens is 1. The standard InChI is InChI=1S/C20H19ClN2O2S/c1-14-23-18(13-26-14)12-25-19-8-4-16(5-9-19)20(24)22-11-10-15-2-6-17(21)7-3-15/h2-9,13H,10-12H2,1H3,(H,22,24). The third-order valence-electron chi connectivity index (χ3n) is 3.78. The van der Waals surface area contributed by atoms with Crippen molar-refractivity contribution in [2.75, 3.05) is 6.54 Å². The maximum Gasteiger partial charge on any atom is 0.251 e. The van der Waals surface area contributed by atoms with Crippen LogP contribution in [0, 0.1) is 6.92 Å². The Hall–Kier alpha value is -2.37. The van der Waals surface area contributed by atoms with Gasteiger partial charge in [0.2, 0.25) is 0 Å². The highest BCUT2D eigenvalue weighted by Crippen LogP contribution is 2.15. The molecule has 0 atom stereocenters. The molecule has 1 aromatic heterocycles. The molecule has 3 rings (SSSR count). The number of hydrogen-bond donors (Lipinski definition) is 1. The Labute approximate surface area is 161 Å². The van der Waals surface area contributed by atoms with Crippen molar-refractivity contribution in [3.05, 3.63) is 80.8 Å². The molecule has 0 aliphatic carbocycles. The number of amides is 1. The number of carbonyl (C=O) groups is 1. The van der Waals surface area contributed by atoms with Gasteiger partial charge in [-0.15, -0.1) is 11.3 Å². The molecular weight excluding hydrogens is 368 g/mol. The monoisotopic (exact) mass is 386 g/mol. The van der Waals surface area contributed by atoms with Gasteiger partial charge in [0.15, 0.2) is 0 Å². The second-order valence-corrected chi connectivity index (χ2v) is 7.30. The summed E-state index contributed by atoms with van der Waals surface area (Å²) >= 11 is 7.47. The van der Waals surface area contributed by atoms with E-state index in [9.17, 15) is 4.79 Å². The number of nitrogens with one attached hydrogen (secondary N) is 1. The van der Waals surface area contributed by atoms with Crippen LogP contribution in [0.3, 0.4) is 0 Å². The summed E-state index contributed by atoms with van der Waals surface area (Å²) in [6, 6.07) is 14.8. The number of halogens is 1. The Morgan fingerprint density at radius 3 is 2.54 bits per heavy atom. The summed E-state index contributed by atoms with van der Waals surface area (Å²) in [6.07, 6.45) is 0.761. The van der Waals surface area contributed by atoms with Crippen LogP contribution in [-0.4, -0.2) is 17.4 Å². The first kappa shape index (κ1) is 18.4. The van der Waals surface area contributed by atoms with Crippen molar-refractivity contribution in [1.82, 2.24) is 10.3 Å². The van der Waals surface area contributed by atoms with Crippen LogP contribution >= 0.6 is 22.9 Å². The van der Waals surface area contributed by atoms with Gasteiger partial charge in [0.1, 0.15) is 12.4 Å². The lowest BCUT2D eigenvalue weighted by atomic mass is 10.1. The quantitative estimate of drug-likeness (QED) is 0.642.